The van der Waals surface area contributed by atoms with Crippen LogP contribution in [-0.2, 0) is 10.2 Å². The number of rotatable bonds is 5. The first kappa shape index (κ1) is 11.7. The first-order chi connectivity index (χ1) is 7.73. The third-order valence-corrected chi connectivity index (χ3v) is 3.68. The molecule has 1 aliphatic rings. The molecule has 1 saturated heterocycles. The fraction of sp³-hybridized carbons (Fsp3) is 0.692. The van der Waals surface area contributed by atoms with Crippen LogP contribution in [0.25, 0.3) is 0 Å². The van der Waals surface area contributed by atoms with Gasteiger partial charge in [0.1, 0.15) is 11.5 Å². The van der Waals surface area contributed by atoms with Crippen molar-refractivity contribution in [1.82, 2.24) is 5.32 Å². The average Bonchev–Trinajstić information content (AvgIpc) is 2.62. The molecule has 2 heterocycles. The normalized spacial score (nSPS) is 20.4. The highest BCUT2D eigenvalue weighted by Crippen LogP contribution is 2.41. The Kier molecular flexibility index (Phi) is 3.36. The van der Waals surface area contributed by atoms with E-state index in [0.717, 1.165) is 37.7 Å². The van der Waals surface area contributed by atoms with E-state index in [4.69, 9.17) is 9.15 Å². The summed E-state index contributed by atoms with van der Waals surface area (Å²) in [7, 11) is 2.00. The second-order valence-corrected chi connectivity index (χ2v) is 4.72. The predicted molar refractivity (Wildman–Crippen MR) is 63.6 cm³/mol. The Hall–Kier alpha value is -0.800. The molecule has 0 spiro atoms. The van der Waals surface area contributed by atoms with Crippen molar-refractivity contribution in [2.75, 3.05) is 26.8 Å². The molecule has 0 saturated carbocycles. The Labute approximate surface area is 97.2 Å². The van der Waals surface area contributed by atoms with Crippen LogP contribution in [0.3, 0.4) is 0 Å². The van der Waals surface area contributed by atoms with E-state index in [1.165, 1.54) is 0 Å². The lowest BCUT2D eigenvalue weighted by Crippen LogP contribution is -2.54. The third kappa shape index (κ3) is 1.78. The molecule has 1 aromatic heterocycles. The predicted octanol–water partition coefficient (Wildman–Crippen LogP) is 2.10. The monoisotopic (exact) mass is 223 g/mol. The van der Waals surface area contributed by atoms with Crippen LogP contribution < -0.4 is 5.32 Å². The van der Waals surface area contributed by atoms with Gasteiger partial charge in [-0.15, -0.1) is 0 Å². The number of ether oxygens (including phenoxy) is 1. The standard InChI is InChI=1S/C13H21NO2/c1-4-11(7-14-3)13(8-15-9-13)12-6-5-10(2)16-12/h5-6,11,14H,4,7-9H2,1-3H3. The Balaban J connectivity index is 2.24. The average molecular weight is 223 g/mol. The largest absolute Gasteiger partial charge is 0.466 e. The molecule has 16 heavy (non-hydrogen) atoms. The maximum absolute atomic E-state index is 5.81. The number of aryl methyl sites for hydroxylation is 1. The summed E-state index contributed by atoms with van der Waals surface area (Å²) in [6.07, 6.45) is 1.14. The highest BCUT2D eigenvalue weighted by Gasteiger charge is 2.48. The zero-order valence-electron chi connectivity index (χ0n) is 10.4. The van der Waals surface area contributed by atoms with Gasteiger partial charge in [0, 0.05) is 0 Å². The maximum atomic E-state index is 5.81. The van der Waals surface area contributed by atoms with E-state index in [1.54, 1.807) is 0 Å². The molecule has 2 rings (SSSR count). The van der Waals surface area contributed by atoms with Gasteiger partial charge < -0.3 is 14.5 Å². The zero-order chi connectivity index (χ0) is 11.6. The minimum absolute atomic E-state index is 0.103. The summed E-state index contributed by atoms with van der Waals surface area (Å²) in [5, 5.41) is 3.27. The van der Waals surface area contributed by atoms with Crippen molar-refractivity contribution < 1.29 is 9.15 Å². The van der Waals surface area contributed by atoms with Gasteiger partial charge in [-0.2, -0.15) is 0 Å². The molecule has 3 heteroatoms. The Morgan fingerprint density at radius 3 is 2.56 bits per heavy atom. The van der Waals surface area contributed by atoms with Gasteiger partial charge >= 0.3 is 0 Å². The number of furan rings is 1. The molecule has 0 aromatic carbocycles. The Morgan fingerprint density at radius 2 is 2.19 bits per heavy atom. The molecular formula is C13H21NO2. The van der Waals surface area contributed by atoms with Gasteiger partial charge in [0.15, 0.2) is 0 Å². The van der Waals surface area contributed by atoms with E-state index >= 15 is 0 Å². The minimum Gasteiger partial charge on any atom is -0.466 e. The van der Waals surface area contributed by atoms with Gasteiger partial charge in [0.05, 0.1) is 18.6 Å². The zero-order valence-corrected chi connectivity index (χ0v) is 10.4. The lowest BCUT2D eigenvalue weighted by molar-refractivity contribution is -0.101. The highest BCUT2D eigenvalue weighted by molar-refractivity contribution is 5.22. The van der Waals surface area contributed by atoms with Crippen LogP contribution in [0.4, 0.5) is 0 Å². The topological polar surface area (TPSA) is 34.4 Å². The highest BCUT2D eigenvalue weighted by atomic mass is 16.5. The molecule has 90 valence electrons. The van der Waals surface area contributed by atoms with E-state index in [0.29, 0.717) is 5.92 Å². The van der Waals surface area contributed by atoms with Gasteiger partial charge in [0.2, 0.25) is 0 Å². The summed E-state index contributed by atoms with van der Waals surface area (Å²) in [5.74, 6) is 2.66. The molecule has 0 radical (unpaired) electrons. The van der Waals surface area contributed by atoms with Crippen LogP contribution in [0.2, 0.25) is 0 Å². The first-order valence-electron chi connectivity index (χ1n) is 6.02. The molecule has 1 aliphatic heterocycles. The summed E-state index contributed by atoms with van der Waals surface area (Å²) in [6.45, 7) is 6.83. The maximum Gasteiger partial charge on any atom is 0.115 e. The van der Waals surface area contributed by atoms with Crippen LogP contribution >= 0.6 is 0 Å². The molecule has 1 fully saturated rings. The second-order valence-electron chi connectivity index (χ2n) is 4.72. The van der Waals surface area contributed by atoms with Crippen LogP contribution in [0, 0.1) is 12.8 Å². The van der Waals surface area contributed by atoms with Gasteiger partial charge in [0.25, 0.3) is 0 Å². The summed E-state index contributed by atoms with van der Waals surface area (Å²) >= 11 is 0. The Morgan fingerprint density at radius 1 is 1.44 bits per heavy atom. The second kappa shape index (κ2) is 4.60. The summed E-state index contributed by atoms with van der Waals surface area (Å²) in [5.41, 5.74) is 0.103. The lowest BCUT2D eigenvalue weighted by atomic mass is 9.70. The van der Waals surface area contributed by atoms with Crippen molar-refractivity contribution in [3.05, 3.63) is 23.7 Å². The summed E-state index contributed by atoms with van der Waals surface area (Å²) < 4.78 is 11.3. The molecule has 1 unspecified atom stereocenters. The molecule has 1 atom stereocenters. The molecule has 1 aromatic rings. The lowest BCUT2D eigenvalue weighted by Gasteiger charge is -2.45. The van der Waals surface area contributed by atoms with Crippen LogP contribution in [0.1, 0.15) is 24.9 Å². The van der Waals surface area contributed by atoms with Crippen LogP contribution in [0.5, 0.6) is 0 Å². The number of hydrogen-bond donors (Lipinski definition) is 1. The van der Waals surface area contributed by atoms with Crippen molar-refractivity contribution in [3.8, 4) is 0 Å². The number of nitrogens with one attached hydrogen (secondary N) is 1. The first-order valence-corrected chi connectivity index (χ1v) is 6.02. The van der Waals surface area contributed by atoms with E-state index in [1.807, 2.05) is 20.0 Å². The van der Waals surface area contributed by atoms with Crippen LogP contribution in [0.15, 0.2) is 16.5 Å². The van der Waals surface area contributed by atoms with Gasteiger partial charge in [-0.05, 0) is 38.6 Å². The van der Waals surface area contributed by atoms with E-state index in [2.05, 4.69) is 18.3 Å². The van der Waals surface area contributed by atoms with Gasteiger partial charge in [-0.3, -0.25) is 0 Å². The molecule has 3 nitrogen and oxygen atoms in total. The van der Waals surface area contributed by atoms with E-state index in [-0.39, 0.29) is 5.41 Å². The molecule has 0 amide bonds. The smallest absolute Gasteiger partial charge is 0.115 e. The quantitative estimate of drug-likeness (QED) is 0.830. The molecule has 0 bridgehead atoms. The summed E-state index contributed by atoms with van der Waals surface area (Å²) in [4.78, 5) is 0. The van der Waals surface area contributed by atoms with Gasteiger partial charge in [-0.25, -0.2) is 0 Å². The fourth-order valence-corrected chi connectivity index (χ4v) is 2.58. The number of hydrogen-bond acceptors (Lipinski definition) is 3. The summed E-state index contributed by atoms with van der Waals surface area (Å²) in [6, 6.07) is 4.15. The van der Waals surface area contributed by atoms with Crippen LogP contribution in [-0.4, -0.2) is 26.8 Å². The molecular weight excluding hydrogens is 202 g/mol. The van der Waals surface area contributed by atoms with Crippen molar-refractivity contribution >= 4 is 0 Å². The van der Waals surface area contributed by atoms with Crippen molar-refractivity contribution in [1.29, 1.82) is 0 Å². The van der Waals surface area contributed by atoms with Gasteiger partial charge in [-0.1, -0.05) is 13.3 Å². The SMILES string of the molecule is CCC(CNC)C1(c2ccc(C)o2)COC1. The molecule has 1 N–H and O–H groups in total. The fourth-order valence-electron chi connectivity index (χ4n) is 2.58. The van der Waals surface area contributed by atoms with Crippen molar-refractivity contribution in [2.24, 2.45) is 5.92 Å². The molecule has 0 aliphatic carbocycles. The Bertz CT molecular complexity index is 341. The van der Waals surface area contributed by atoms with Crippen molar-refractivity contribution in [2.45, 2.75) is 25.7 Å². The van der Waals surface area contributed by atoms with E-state index in [9.17, 15) is 0 Å². The minimum atomic E-state index is 0.103. The third-order valence-electron chi connectivity index (χ3n) is 3.68. The van der Waals surface area contributed by atoms with E-state index < -0.39 is 0 Å². The van der Waals surface area contributed by atoms with Crippen molar-refractivity contribution in [3.63, 3.8) is 0 Å².